The molecule has 1 saturated heterocycles. The monoisotopic (exact) mass is 329 g/mol. The average molecular weight is 330 g/mol. The van der Waals surface area contributed by atoms with Crippen molar-refractivity contribution in [3.8, 4) is 17.3 Å². The van der Waals surface area contributed by atoms with Crippen LogP contribution < -0.4 is 4.90 Å². The van der Waals surface area contributed by atoms with Gasteiger partial charge in [-0.25, -0.2) is 0 Å². The first kappa shape index (κ1) is 13.3. The second-order valence-electron chi connectivity index (χ2n) is 5.11. The molecule has 3 rings (SSSR count). The Balaban J connectivity index is 1.96. The fourth-order valence-corrected chi connectivity index (χ4v) is 2.95. The maximum atomic E-state index is 9.35. The van der Waals surface area contributed by atoms with Crippen molar-refractivity contribution in [3.05, 3.63) is 40.4 Å². The van der Waals surface area contributed by atoms with Crippen LogP contribution in [0.3, 0.4) is 0 Å². The minimum Gasteiger partial charge on any atom is -0.357 e. The van der Waals surface area contributed by atoms with Crippen molar-refractivity contribution in [2.45, 2.75) is 19.3 Å². The van der Waals surface area contributed by atoms with E-state index in [-0.39, 0.29) is 0 Å². The van der Waals surface area contributed by atoms with Crippen LogP contribution in [0.25, 0.3) is 11.3 Å². The van der Waals surface area contributed by atoms with Gasteiger partial charge in [0.15, 0.2) is 0 Å². The minimum atomic E-state index is 0.741. The minimum absolute atomic E-state index is 0.741. The molecule has 1 N–H and O–H groups in total. The topological polar surface area (TPSA) is 42.8 Å². The molecule has 0 aliphatic carbocycles. The quantitative estimate of drug-likeness (QED) is 0.892. The summed E-state index contributed by atoms with van der Waals surface area (Å²) in [5, 5.41) is 9.35. The van der Waals surface area contributed by atoms with E-state index in [0.29, 0.717) is 0 Å². The summed E-state index contributed by atoms with van der Waals surface area (Å²) in [5.41, 5.74) is 2.85. The van der Waals surface area contributed by atoms with E-state index < -0.39 is 0 Å². The molecule has 1 aromatic heterocycles. The van der Waals surface area contributed by atoms with Crippen molar-refractivity contribution in [2.24, 2.45) is 0 Å². The first-order chi connectivity index (χ1) is 9.78. The maximum absolute atomic E-state index is 9.35. The smallest absolute Gasteiger partial charge is 0.124 e. The number of aromatic amines is 1. The number of nitriles is 1. The van der Waals surface area contributed by atoms with Gasteiger partial charge in [0.25, 0.3) is 0 Å². The van der Waals surface area contributed by atoms with Gasteiger partial charge >= 0.3 is 0 Å². The van der Waals surface area contributed by atoms with Crippen LogP contribution in [-0.4, -0.2) is 18.1 Å². The normalized spacial score (nSPS) is 15.1. The molecule has 0 saturated carbocycles. The van der Waals surface area contributed by atoms with Gasteiger partial charge in [0.05, 0.1) is 5.56 Å². The van der Waals surface area contributed by atoms with Crippen LogP contribution in [0.2, 0.25) is 0 Å². The Morgan fingerprint density at radius 1 is 1.10 bits per heavy atom. The molecule has 0 bridgehead atoms. The van der Waals surface area contributed by atoms with Gasteiger partial charge in [0.2, 0.25) is 0 Å². The van der Waals surface area contributed by atoms with Gasteiger partial charge in [-0.3, -0.25) is 0 Å². The predicted molar refractivity (Wildman–Crippen MR) is 84.7 cm³/mol. The van der Waals surface area contributed by atoms with E-state index in [1.165, 1.54) is 19.3 Å². The van der Waals surface area contributed by atoms with Crippen molar-refractivity contribution in [1.29, 1.82) is 5.26 Å². The van der Waals surface area contributed by atoms with Gasteiger partial charge in [-0.05, 0) is 43.0 Å². The standard InChI is InChI=1S/C16H16BrN3/c17-14-6-4-12(5-7-14)15-10-13(11-18)16(19-15)20-8-2-1-3-9-20/h4-7,10,19H,1-3,8-9H2. The Morgan fingerprint density at radius 2 is 1.80 bits per heavy atom. The van der Waals surface area contributed by atoms with Crippen LogP contribution in [0.4, 0.5) is 5.82 Å². The SMILES string of the molecule is N#Cc1cc(-c2ccc(Br)cc2)[nH]c1N1CCCCC1. The number of rotatable bonds is 2. The lowest BCUT2D eigenvalue weighted by molar-refractivity contribution is 0.574. The van der Waals surface area contributed by atoms with Gasteiger partial charge < -0.3 is 9.88 Å². The third-order valence-corrected chi connectivity index (χ3v) is 4.27. The Kier molecular flexibility index (Phi) is 3.79. The number of hydrogen-bond acceptors (Lipinski definition) is 2. The van der Waals surface area contributed by atoms with Gasteiger partial charge in [-0.2, -0.15) is 5.26 Å². The summed E-state index contributed by atoms with van der Waals surface area (Å²) < 4.78 is 1.06. The molecule has 1 fully saturated rings. The van der Waals surface area contributed by atoms with Crippen LogP contribution in [0, 0.1) is 11.3 Å². The van der Waals surface area contributed by atoms with E-state index in [1.807, 2.05) is 18.2 Å². The lowest BCUT2D eigenvalue weighted by atomic mass is 10.1. The number of nitrogens with one attached hydrogen (secondary N) is 1. The largest absolute Gasteiger partial charge is 0.357 e. The van der Waals surface area contributed by atoms with Crippen LogP contribution in [-0.2, 0) is 0 Å². The molecule has 3 nitrogen and oxygen atoms in total. The van der Waals surface area contributed by atoms with Gasteiger partial charge in [0.1, 0.15) is 11.9 Å². The first-order valence-corrected chi connectivity index (χ1v) is 7.71. The van der Waals surface area contributed by atoms with Crippen LogP contribution in [0.1, 0.15) is 24.8 Å². The van der Waals surface area contributed by atoms with E-state index in [9.17, 15) is 5.26 Å². The Labute approximate surface area is 127 Å². The second-order valence-corrected chi connectivity index (χ2v) is 6.03. The fourth-order valence-electron chi connectivity index (χ4n) is 2.68. The first-order valence-electron chi connectivity index (χ1n) is 6.92. The molecule has 0 atom stereocenters. The number of aromatic nitrogens is 1. The maximum Gasteiger partial charge on any atom is 0.124 e. The molecule has 0 unspecified atom stereocenters. The fraction of sp³-hybridized carbons (Fsp3) is 0.312. The van der Waals surface area contributed by atoms with Crippen molar-refractivity contribution in [3.63, 3.8) is 0 Å². The zero-order valence-electron chi connectivity index (χ0n) is 11.2. The van der Waals surface area contributed by atoms with Crippen LogP contribution in [0.5, 0.6) is 0 Å². The molecule has 2 aromatic rings. The molecule has 1 aliphatic rings. The van der Waals surface area contributed by atoms with E-state index in [2.05, 4.69) is 44.0 Å². The van der Waals surface area contributed by atoms with Gasteiger partial charge in [-0.1, -0.05) is 28.1 Å². The highest BCUT2D eigenvalue weighted by molar-refractivity contribution is 9.10. The number of benzene rings is 1. The van der Waals surface area contributed by atoms with Crippen LogP contribution in [0.15, 0.2) is 34.8 Å². The van der Waals surface area contributed by atoms with E-state index in [1.54, 1.807) is 0 Å². The highest BCUT2D eigenvalue weighted by Gasteiger charge is 2.17. The summed E-state index contributed by atoms with van der Waals surface area (Å²) in [6, 6.07) is 12.4. The zero-order chi connectivity index (χ0) is 13.9. The summed E-state index contributed by atoms with van der Waals surface area (Å²) in [6.07, 6.45) is 3.70. The highest BCUT2D eigenvalue weighted by Crippen LogP contribution is 2.29. The molecule has 0 spiro atoms. The second kappa shape index (κ2) is 5.72. The lowest BCUT2D eigenvalue weighted by Crippen LogP contribution is -2.30. The number of H-pyrrole nitrogens is 1. The van der Waals surface area contributed by atoms with E-state index in [0.717, 1.165) is 40.2 Å². The molecular formula is C16H16BrN3. The van der Waals surface area contributed by atoms with E-state index in [4.69, 9.17) is 0 Å². The third kappa shape index (κ3) is 2.59. The number of halogens is 1. The number of hydrogen-bond donors (Lipinski definition) is 1. The number of anilines is 1. The van der Waals surface area contributed by atoms with Crippen molar-refractivity contribution < 1.29 is 0 Å². The molecule has 0 radical (unpaired) electrons. The zero-order valence-corrected chi connectivity index (χ0v) is 12.8. The lowest BCUT2D eigenvalue weighted by Gasteiger charge is -2.27. The third-order valence-electron chi connectivity index (χ3n) is 3.74. The summed E-state index contributed by atoms with van der Waals surface area (Å²) in [7, 11) is 0. The molecule has 20 heavy (non-hydrogen) atoms. The summed E-state index contributed by atoms with van der Waals surface area (Å²) in [4.78, 5) is 5.72. The molecule has 4 heteroatoms. The Bertz CT molecular complexity index is 631. The Hall–Kier alpha value is -1.73. The number of nitrogens with zero attached hydrogens (tertiary/aromatic N) is 2. The predicted octanol–water partition coefficient (Wildman–Crippen LogP) is 4.31. The van der Waals surface area contributed by atoms with Gasteiger partial charge in [-0.15, -0.1) is 0 Å². The molecule has 0 amide bonds. The van der Waals surface area contributed by atoms with Crippen molar-refractivity contribution >= 4 is 21.7 Å². The molecule has 102 valence electrons. The molecule has 1 aromatic carbocycles. The molecular weight excluding hydrogens is 314 g/mol. The van der Waals surface area contributed by atoms with Gasteiger partial charge in [0, 0.05) is 23.3 Å². The average Bonchev–Trinajstić information content (AvgIpc) is 2.93. The Morgan fingerprint density at radius 3 is 2.45 bits per heavy atom. The van der Waals surface area contributed by atoms with E-state index >= 15 is 0 Å². The molecule has 2 heterocycles. The van der Waals surface area contributed by atoms with Crippen molar-refractivity contribution in [2.75, 3.05) is 18.0 Å². The van der Waals surface area contributed by atoms with Crippen molar-refractivity contribution in [1.82, 2.24) is 4.98 Å². The van der Waals surface area contributed by atoms with Crippen LogP contribution >= 0.6 is 15.9 Å². The molecule has 1 aliphatic heterocycles. The highest BCUT2D eigenvalue weighted by atomic mass is 79.9. The summed E-state index contributed by atoms with van der Waals surface area (Å²) in [5.74, 6) is 0.977. The number of piperidine rings is 1. The summed E-state index contributed by atoms with van der Waals surface area (Å²) in [6.45, 7) is 2.07. The summed E-state index contributed by atoms with van der Waals surface area (Å²) >= 11 is 3.44.